The van der Waals surface area contributed by atoms with Gasteiger partial charge in [-0.1, -0.05) is 30.3 Å². The summed E-state index contributed by atoms with van der Waals surface area (Å²) in [6.45, 7) is 1.43. The van der Waals surface area contributed by atoms with Crippen molar-refractivity contribution in [1.29, 1.82) is 0 Å². The monoisotopic (exact) mass is 381 g/mol. The van der Waals surface area contributed by atoms with Crippen LogP contribution in [-0.4, -0.2) is 40.1 Å². The van der Waals surface area contributed by atoms with Gasteiger partial charge in [-0.2, -0.15) is 0 Å². The van der Waals surface area contributed by atoms with Crippen LogP contribution in [-0.2, 0) is 11.2 Å². The Kier molecular flexibility index (Phi) is 5.49. The predicted octanol–water partition coefficient (Wildman–Crippen LogP) is 2.33. The van der Waals surface area contributed by atoms with Crippen molar-refractivity contribution in [3.05, 3.63) is 75.3 Å². The van der Waals surface area contributed by atoms with Crippen molar-refractivity contribution in [3.63, 3.8) is 0 Å². The third-order valence-electron chi connectivity index (χ3n) is 4.58. The van der Waals surface area contributed by atoms with Crippen molar-refractivity contribution in [2.75, 3.05) is 6.54 Å². The number of hydrogen-bond acceptors (Lipinski definition) is 5. The highest BCUT2D eigenvalue weighted by molar-refractivity contribution is 6.22. The molecule has 1 aliphatic rings. The highest BCUT2D eigenvalue weighted by Crippen LogP contribution is 2.26. The minimum atomic E-state index is -0.698. The quantitative estimate of drug-likeness (QED) is 0.450. The van der Waals surface area contributed by atoms with Crippen molar-refractivity contribution < 1.29 is 19.3 Å². The fourth-order valence-corrected chi connectivity index (χ4v) is 3.10. The van der Waals surface area contributed by atoms with Crippen molar-refractivity contribution in [3.8, 4) is 0 Å². The van der Waals surface area contributed by atoms with E-state index in [4.69, 9.17) is 0 Å². The minimum Gasteiger partial charge on any atom is -0.352 e. The second-order valence-electron chi connectivity index (χ2n) is 6.68. The van der Waals surface area contributed by atoms with Gasteiger partial charge in [-0.05, 0) is 31.4 Å². The van der Waals surface area contributed by atoms with Gasteiger partial charge in [-0.25, -0.2) is 0 Å². The summed E-state index contributed by atoms with van der Waals surface area (Å²) in [5.74, 6) is -1.78. The maximum atomic E-state index is 12.4. The maximum absolute atomic E-state index is 12.4. The van der Waals surface area contributed by atoms with Crippen LogP contribution in [0.4, 0.5) is 5.69 Å². The average Bonchev–Trinajstić information content (AvgIpc) is 2.91. The second-order valence-corrected chi connectivity index (χ2v) is 6.68. The van der Waals surface area contributed by atoms with E-state index in [0.29, 0.717) is 6.42 Å². The molecule has 8 nitrogen and oxygen atoms in total. The standard InChI is InChI=1S/C20H19N3O5/c1-13(7-8-14-5-3-2-4-6-14)21-18(24)12-22-19(25)16-10-9-15(23(27)28)11-17(16)20(22)26/h2-6,9-11,13H,7-8,12H2,1H3,(H,21,24)/t13-/m0/s1. The molecule has 1 heterocycles. The molecule has 0 aromatic heterocycles. The number of non-ortho nitro benzene ring substituents is 1. The summed E-state index contributed by atoms with van der Waals surface area (Å²) >= 11 is 0. The Bertz CT molecular complexity index is 942. The second kappa shape index (κ2) is 7.99. The van der Waals surface area contributed by atoms with Gasteiger partial charge in [0.15, 0.2) is 0 Å². The van der Waals surface area contributed by atoms with E-state index < -0.39 is 29.2 Å². The molecule has 144 valence electrons. The van der Waals surface area contributed by atoms with Gasteiger partial charge in [0.05, 0.1) is 16.1 Å². The number of imide groups is 1. The van der Waals surface area contributed by atoms with Crippen LogP contribution in [0.3, 0.4) is 0 Å². The first-order valence-electron chi connectivity index (χ1n) is 8.84. The number of nitro groups is 1. The predicted molar refractivity (Wildman–Crippen MR) is 101 cm³/mol. The van der Waals surface area contributed by atoms with Crippen LogP contribution in [0.5, 0.6) is 0 Å². The molecule has 0 spiro atoms. The number of carbonyl (C=O) groups excluding carboxylic acids is 3. The van der Waals surface area contributed by atoms with Gasteiger partial charge in [0.1, 0.15) is 6.54 Å². The zero-order valence-electron chi connectivity index (χ0n) is 15.3. The number of fused-ring (bicyclic) bond motifs is 1. The maximum Gasteiger partial charge on any atom is 0.270 e. The molecule has 1 atom stereocenters. The van der Waals surface area contributed by atoms with Gasteiger partial charge < -0.3 is 5.32 Å². The number of aryl methyl sites for hydroxylation is 1. The van der Waals surface area contributed by atoms with E-state index in [9.17, 15) is 24.5 Å². The molecule has 0 radical (unpaired) electrons. The Hall–Kier alpha value is -3.55. The number of hydrogen-bond donors (Lipinski definition) is 1. The van der Waals surface area contributed by atoms with E-state index in [1.165, 1.54) is 12.1 Å². The molecule has 0 saturated heterocycles. The molecule has 8 heteroatoms. The molecule has 3 rings (SSSR count). The van der Waals surface area contributed by atoms with Gasteiger partial charge in [0, 0.05) is 18.2 Å². The smallest absolute Gasteiger partial charge is 0.270 e. The van der Waals surface area contributed by atoms with Crippen LogP contribution < -0.4 is 5.32 Å². The molecule has 0 bridgehead atoms. The minimum absolute atomic E-state index is 0.0517. The zero-order chi connectivity index (χ0) is 20.3. The van der Waals surface area contributed by atoms with Crippen LogP contribution in [0.2, 0.25) is 0 Å². The van der Waals surface area contributed by atoms with Gasteiger partial charge in [-0.15, -0.1) is 0 Å². The van der Waals surface area contributed by atoms with E-state index in [0.717, 1.165) is 23.0 Å². The third-order valence-corrected chi connectivity index (χ3v) is 4.58. The van der Waals surface area contributed by atoms with Crippen molar-refractivity contribution in [2.24, 2.45) is 0 Å². The van der Waals surface area contributed by atoms with E-state index in [1.807, 2.05) is 37.3 Å². The van der Waals surface area contributed by atoms with Gasteiger partial charge >= 0.3 is 0 Å². The normalized spacial score (nSPS) is 14.0. The lowest BCUT2D eigenvalue weighted by Gasteiger charge is -2.17. The summed E-state index contributed by atoms with van der Waals surface area (Å²) < 4.78 is 0. The first-order chi connectivity index (χ1) is 13.4. The average molecular weight is 381 g/mol. The summed E-state index contributed by atoms with van der Waals surface area (Å²) in [6.07, 6.45) is 1.50. The number of benzene rings is 2. The Morgan fingerprint density at radius 2 is 1.79 bits per heavy atom. The molecular weight excluding hydrogens is 362 g/mol. The van der Waals surface area contributed by atoms with Crippen molar-refractivity contribution in [1.82, 2.24) is 10.2 Å². The Labute approximate surface area is 161 Å². The molecule has 0 unspecified atom stereocenters. The highest BCUT2D eigenvalue weighted by Gasteiger charge is 2.37. The molecular formula is C20H19N3O5. The molecule has 28 heavy (non-hydrogen) atoms. The molecule has 1 aliphatic heterocycles. The lowest BCUT2D eigenvalue weighted by Crippen LogP contribution is -2.43. The summed E-state index contributed by atoms with van der Waals surface area (Å²) in [4.78, 5) is 48.1. The number of amides is 3. The van der Waals surface area contributed by atoms with E-state index in [2.05, 4.69) is 5.32 Å². The molecule has 2 aromatic carbocycles. The summed E-state index contributed by atoms with van der Waals surface area (Å²) in [6, 6.07) is 13.2. The zero-order valence-corrected chi connectivity index (χ0v) is 15.3. The van der Waals surface area contributed by atoms with Gasteiger partial charge in [-0.3, -0.25) is 29.4 Å². The number of nitro benzene ring substituents is 1. The first kappa shape index (κ1) is 19.2. The molecule has 0 fully saturated rings. The molecule has 3 amide bonds. The molecule has 2 aromatic rings. The molecule has 0 aliphatic carbocycles. The van der Waals surface area contributed by atoms with Crippen LogP contribution >= 0.6 is 0 Å². The fraction of sp³-hybridized carbons (Fsp3) is 0.250. The van der Waals surface area contributed by atoms with E-state index in [-0.39, 0.29) is 22.9 Å². The number of carbonyl (C=O) groups is 3. The van der Waals surface area contributed by atoms with Gasteiger partial charge in [0.25, 0.3) is 17.5 Å². The highest BCUT2D eigenvalue weighted by atomic mass is 16.6. The Morgan fingerprint density at radius 3 is 2.46 bits per heavy atom. The van der Waals surface area contributed by atoms with Gasteiger partial charge in [0.2, 0.25) is 5.91 Å². The molecule has 1 N–H and O–H groups in total. The largest absolute Gasteiger partial charge is 0.352 e. The summed E-state index contributed by atoms with van der Waals surface area (Å²) in [5.41, 5.74) is 0.899. The lowest BCUT2D eigenvalue weighted by molar-refractivity contribution is -0.384. The summed E-state index contributed by atoms with van der Waals surface area (Å²) in [7, 11) is 0. The Balaban J connectivity index is 1.58. The molecule has 0 saturated carbocycles. The number of rotatable bonds is 7. The Morgan fingerprint density at radius 1 is 1.11 bits per heavy atom. The summed E-state index contributed by atoms with van der Waals surface area (Å²) in [5, 5.41) is 13.6. The topological polar surface area (TPSA) is 110 Å². The van der Waals surface area contributed by atoms with Crippen molar-refractivity contribution >= 4 is 23.4 Å². The van der Waals surface area contributed by atoms with Crippen LogP contribution in [0.1, 0.15) is 39.6 Å². The number of nitrogens with one attached hydrogen (secondary N) is 1. The van der Waals surface area contributed by atoms with E-state index in [1.54, 1.807) is 0 Å². The SMILES string of the molecule is C[C@@H](CCc1ccccc1)NC(=O)CN1C(=O)c2ccc([N+](=O)[O-])cc2C1=O. The van der Waals surface area contributed by atoms with Crippen LogP contribution in [0, 0.1) is 10.1 Å². The van der Waals surface area contributed by atoms with E-state index >= 15 is 0 Å². The third kappa shape index (κ3) is 4.06. The lowest BCUT2D eigenvalue weighted by atomic mass is 10.1. The first-order valence-corrected chi connectivity index (χ1v) is 8.84. The van der Waals surface area contributed by atoms with Crippen LogP contribution in [0.25, 0.3) is 0 Å². The fourth-order valence-electron chi connectivity index (χ4n) is 3.10. The van der Waals surface area contributed by atoms with Crippen molar-refractivity contribution in [2.45, 2.75) is 25.8 Å². The van der Waals surface area contributed by atoms with Crippen LogP contribution in [0.15, 0.2) is 48.5 Å². The number of nitrogens with zero attached hydrogens (tertiary/aromatic N) is 2.